The monoisotopic (exact) mass is 473 g/mol. The molecule has 0 heterocycles. The van der Waals surface area contributed by atoms with Gasteiger partial charge in [-0.1, -0.05) is 44.9 Å². The lowest BCUT2D eigenvalue weighted by atomic mass is 9.74. The third kappa shape index (κ3) is 6.40. The highest BCUT2D eigenvalue weighted by atomic mass is 32.2. The maximum Gasteiger partial charge on any atom is 0.223 e. The van der Waals surface area contributed by atoms with Gasteiger partial charge in [-0.2, -0.15) is 0 Å². The Bertz CT molecular complexity index is 812. The molecule has 4 N–H and O–H groups in total. The van der Waals surface area contributed by atoms with Crippen molar-refractivity contribution in [2.75, 3.05) is 7.05 Å². The lowest BCUT2D eigenvalue weighted by Gasteiger charge is -2.36. The number of hydrogen-bond acceptors (Lipinski definition) is 5. The molecule has 0 spiro atoms. The molecule has 4 rings (SSSR count). The number of primary amides is 1. The molecule has 1 amide bonds. The average molecular weight is 474 g/mol. The van der Waals surface area contributed by atoms with Gasteiger partial charge in [-0.3, -0.25) is 4.79 Å². The molecule has 5 nitrogen and oxygen atoms in total. The Balaban J connectivity index is 0.000000189. The summed E-state index contributed by atoms with van der Waals surface area (Å²) < 4.78 is 3.29. The standard InChI is InChI=1S/C15H28N2O.C12H15NOS/c1-10-4-5-11-6-7-12(13(10)17-3)9-15(2,8-11)14(16)18;1-10-5-2-3-6-11(10)15-13-12(9-14)7-4-8-12/h10-13,17H,4-9H2,1-3H3,(H2,16,18);2-3,5-6,9,13H,4,7-8H2,1H3. The first-order valence-electron chi connectivity index (χ1n) is 12.6. The maximum absolute atomic E-state index is 11.9. The third-order valence-corrected chi connectivity index (χ3v) is 9.59. The van der Waals surface area contributed by atoms with Crippen molar-refractivity contribution in [3.05, 3.63) is 29.8 Å². The van der Waals surface area contributed by atoms with Gasteiger partial charge >= 0.3 is 0 Å². The number of nitrogens with one attached hydrogen (secondary N) is 2. The number of fused-ring (bicyclic) bond motifs is 3. The van der Waals surface area contributed by atoms with Gasteiger partial charge in [-0.15, -0.1) is 0 Å². The largest absolute Gasteiger partial charge is 0.369 e. The third-order valence-electron chi connectivity index (χ3n) is 8.41. The first-order valence-corrected chi connectivity index (χ1v) is 13.5. The van der Waals surface area contributed by atoms with Crippen molar-refractivity contribution in [2.24, 2.45) is 28.9 Å². The van der Waals surface area contributed by atoms with Crippen molar-refractivity contribution in [3.8, 4) is 0 Å². The molecule has 2 bridgehead atoms. The van der Waals surface area contributed by atoms with Crippen LogP contribution in [0.15, 0.2) is 29.2 Å². The van der Waals surface area contributed by atoms with Crippen LogP contribution in [0.5, 0.6) is 0 Å². The first kappa shape index (κ1) is 26.2. The number of aryl methyl sites for hydroxylation is 1. The highest BCUT2D eigenvalue weighted by molar-refractivity contribution is 7.97. The van der Waals surface area contributed by atoms with E-state index in [-0.39, 0.29) is 16.9 Å². The second kappa shape index (κ2) is 11.4. The molecule has 1 aromatic rings. The van der Waals surface area contributed by atoms with E-state index < -0.39 is 0 Å². The number of nitrogens with two attached hydrogens (primary N) is 1. The predicted molar refractivity (Wildman–Crippen MR) is 137 cm³/mol. The van der Waals surface area contributed by atoms with Crippen molar-refractivity contribution in [3.63, 3.8) is 0 Å². The SMILES string of the molecule is CNC1C(C)CCC2CCC1CC(C)(C(N)=O)C2.Cc1ccccc1SNC1(C=O)CCC1. The van der Waals surface area contributed by atoms with Gasteiger partial charge in [0.05, 0.1) is 5.54 Å². The summed E-state index contributed by atoms with van der Waals surface area (Å²) in [5.74, 6) is 1.92. The second-order valence-electron chi connectivity index (χ2n) is 11.0. The minimum Gasteiger partial charge on any atom is -0.369 e. The van der Waals surface area contributed by atoms with Gasteiger partial charge in [0.1, 0.15) is 6.29 Å². The van der Waals surface area contributed by atoms with E-state index in [0.29, 0.717) is 23.8 Å². The van der Waals surface area contributed by atoms with Crippen LogP contribution in [0.3, 0.4) is 0 Å². The molecule has 3 fully saturated rings. The molecule has 0 aliphatic heterocycles. The quantitative estimate of drug-likeness (QED) is 0.399. The molecule has 33 heavy (non-hydrogen) atoms. The van der Waals surface area contributed by atoms with Gasteiger partial charge in [0.2, 0.25) is 5.91 Å². The molecule has 0 aromatic heterocycles. The number of hydrogen-bond donors (Lipinski definition) is 3. The summed E-state index contributed by atoms with van der Waals surface area (Å²) in [6.07, 6.45) is 11.2. The second-order valence-corrected chi connectivity index (χ2v) is 11.9. The maximum atomic E-state index is 11.9. The molecular weight excluding hydrogens is 430 g/mol. The molecule has 6 heteroatoms. The van der Waals surface area contributed by atoms with E-state index in [2.05, 4.69) is 50.0 Å². The van der Waals surface area contributed by atoms with Gasteiger partial charge in [0.25, 0.3) is 0 Å². The summed E-state index contributed by atoms with van der Waals surface area (Å²) in [6, 6.07) is 8.74. The van der Waals surface area contributed by atoms with Crippen molar-refractivity contribution in [2.45, 2.75) is 95.0 Å². The molecule has 3 aliphatic rings. The van der Waals surface area contributed by atoms with Crippen molar-refractivity contribution >= 4 is 24.1 Å². The van der Waals surface area contributed by atoms with Crippen LogP contribution < -0.4 is 15.8 Å². The highest BCUT2D eigenvalue weighted by Gasteiger charge is 2.43. The normalized spacial score (nSPS) is 32.8. The molecular formula is C27H43N3O2S. The molecule has 3 saturated carbocycles. The fraction of sp³-hybridized carbons (Fsp3) is 0.704. The summed E-state index contributed by atoms with van der Waals surface area (Å²) in [4.78, 5) is 24.0. The van der Waals surface area contributed by atoms with Gasteiger partial charge in [0, 0.05) is 16.4 Å². The Morgan fingerprint density at radius 1 is 1.15 bits per heavy atom. The van der Waals surface area contributed by atoms with Crippen LogP contribution in [0.25, 0.3) is 0 Å². The molecule has 5 unspecified atom stereocenters. The zero-order chi connectivity index (χ0) is 24.1. The molecule has 0 radical (unpaired) electrons. The van der Waals surface area contributed by atoms with Crippen LogP contribution in [0.1, 0.15) is 77.2 Å². The van der Waals surface area contributed by atoms with Gasteiger partial charge in [-0.25, -0.2) is 4.72 Å². The van der Waals surface area contributed by atoms with Crippen LogP contribution in [-0.2, 0) is 9.59 Å². The van der Waals surface area contributed by atoms with E-state index in [0.717, 1.165) is 38.4 Å². The van der Waals surface area contributed by atoms with E-state index in [1.54, 1.807) is 11.9 Å². The molecule has 184 valence electrons. The number of rotatable bonds is 6. The summed E-state index contributed by atoms with van der Waals surface area (Å²) >= 11 is 1.57. The number of amides is 1. The van der Waals surface area contributed by atoms with Gasteiger partial charge < -0.3 is 15.8 Å². The summed E-state index contributed by atoms with van der Waals surface area (Å²) in [5.41, 5.74) is 6.39. The zero-order valence-electron chi connectivity index (χ0n) is 20.9. The number of carbonyl (C=O) groups is 2. The zero-order valence-corrected chi connectivity index (χ0v) is 21.7. The number of aldehydes is 1. The Morgan fingerprint density at radius 3 is 2.42 bits per heavy atom. The molecule has 5 atom stereocenters. The lowest BCUT2D eigenvalue weighted by molar-refractivity contribution is -0.128. The Labute approximate surface area is 204 Å². The number of carbonyl (C=O) groups excluding carboxylic acids is 2. The van der Waals surface area contributed by atoms with E-state index in [4.69, 9.17) is 5.73 Å². The Kier molecular flexibility index (Phi) is 9.04. The highest BCUT2D eigenvalue weighted by Crippen LogP contribution is 2.46. The number of benzene rings is 1. The van der Waals surface area contributed by atoms with E-state index >= 15 is 0 Å². The molecule has 1 aromatic carbocycles. The lowest BCUT2D eigenvalue weighted by Crippen LogP contribution is -2.49. The summed E-state index contributed by atoms with van der Waals surface area (Å²) in [5, 5.41) is 3.50. The van der Waals surface area contributed by atoms with Crippen molar-refractivity contribution < 1.29 is 9.59 Å². The van der Waals surface area contributed by atoms with Crippen LogP contribution >= 0.6 is 11.9 Å². The van der Waals surface area contributed by atoms with E-state index in [9.17, 15) is 9.59 Å². The fourth-order valence-electron chi connectivity index (χ4n) is 6.00. The summed E-state index contributed by atoms with van der Waals surface area (Å²) in [6.45, 7) is 6.52. The van der Waals surface area contributed by atoms with Crippen LogP contribution in [-0.4, -0.2) is 30.8 Å². The predicted octanol–water partition coefficient (Wildman–Crippen LogP) is 5.02. The van der Waals surface area contributed by atoms with Crippen molar-refractivity contribution in [1.82, 2.24) is 10.0 Å². The van der Waals surface area contributed by atoms with Crippen LogP contribution in [0.2, 0.25) is 0 Å². The molecule has 3 aliphatic carbocycles. The average Bonchev–Trinajstić information content (AvgIpc) is 2.90. The van der Waals surface area contributed by atoms with E-state index in [1.165, 1.54) is 36.1 Å². The smallest absolute Gasteiger partial charge is 0.223 e. The Morgan fingerprint density at radius 2 is 1.85 bits per heavy atom. The first-order chi connectivity index (χ1) is 15.7. The minimum atomic E-state index is -0.287. The van der Waals surface area contributed by atoms with E-state index in [1.807, 2.05) is 12.1 Å². The van der Waals surface area contributed by atoms with Crippen molar-refractivity contribution in [1.29, 1.82) is 0 Å². The minimum absolute atomic E-state index is 0.0937. The van der Waals surface area contributed by atoms with Crippen LogP contribution in [0.4, 0.5) is 0 Å². The molecule has 0 saturated heterocycles. The summed E-state index contributed by atoms with van der Waals surface area (Å²) in [7, 11) is 2.06. The van der Waals surface area contributed by atoms with Gasteiger partial charge in [-0.05, 0) is 100 Å². The topological polar surface area (TPSA) is 84.2 Å². The van der Waals surface area contributed by atoms with Gasteiger partial charge in [0.15, 0.2) is 0 Å². The fourth-order valence-corrected chi connectivity index (χ4v) is 6.94. The van der Waals surface area contributed by atoms with Crippen LogP contribution in [0, 0.1) is 30.1 Å². The Hall–Kier alpha value is -1.37.